The number of rotatable bonds is 6. The molecule has 0 aliphatic carbocycles. The number of amidine groups is 1. The molecule has 0 aliphatic heterocycles. The third kappa shape index (κ3) is 3.32. The Kier molecular flexibility index (Phi) is 5.21. The zero-order valence-corrected chi connectivity index (χ0v) is 11.5. The third-order valence-electron chi connectivity index (χ3n) is 2.84. The quantitative estimate of drug-likeness (QED) is 0.256. The zero-order chi connectivity index (χ0) is 15.3. The lowest BCUT2D eigenvalue weighted by molar-refractivity contribution is -0.385. The molecule has 0 bridgehead atoms. The molecule has 1 aromatic rings. The second kappa shape index (κ2) is 6.66. The molecule has 1 atom stereocenters. The summed E-state index contributed by atoms with van der Waals surface area (Å²) in [6.07, 6.45) is 0. The minimum Gasteiger partial charge on any atom is -0.409 e. The predicted molar refractivity (Wildman–Crippen MR) is 73.1 cm³/mol. The minimum absolute atomic E-state index is 0.00842. The van der Waals surface area contributed by atoms with Crippen molar-refractivity contribution in [3.8, 4) is 0 Å². The van der Waals surface area contributed by atoms with Crippen molar-refractivity contribution in [2.75, 3.05) is 25.7 Å². The maximum Gasteiger partial charge on any atom is 0.298 e. The molecule has 1 rings (SSSR count). The van der Waals surface area contributed by atoms with Crippen LogP contribution in [-0.4, -0.2) is 47.8 Å². The molecule has 9 nitrogen and oxygen atoms in total. The first-order valence-electron chi connectivity index (χ1n) is 5.77. The number of nitro groups is 1. The predicted octanol–water partition coefficient (Wildman–Crippen LogP) is 0.555. The van der Waals surface area contributed by atoms with Crippen molar-refractivity contribution < 1.29 is 14.9 Å². The number of ether oxygens (including phenoxy) is 1. The number of anilines is 1. The fraction of sp³-hybridized carbons (Fsp3) is 0.455. The average molecular weight is 283 g/mol. The molecule has 110 valence electrons. The lowest BCUT2D eigenvalue weighted by Crippen LogP contribution is -2.33. The van der Waals surface area contributed by atoms with Gasteiger partial charge >= 0.3 is 0 Å². The number of nitrogens with two attached hydrogens (primary N) is 1. The Morgan fingerprint density at radius 2 is 2.35 bits per heavy atom. The summed E-state index contributed by atoms with van der Waals surface area (Å²) >= 11 is 0. The summed E-state index contributed by atoms with van der Waals surface area (Å²) in [6, 6.07) is 2.78. The third-order valence-corrected chi connectivity index (χ3v) is 2.84. The van der Waals surface area contributed by atoms with Gasteiger partial charge < -0.3 is 20.6 Å². The molecule has 0 saturated heterocycles. The van der Waals surface area contributed by atoms with Gasteiger partial charge in [-0.25, -0.2) is 4.98 Å². The number of aromatic nitrogens is 1. The van der Waals surface area contributed by atoms with Gasteiger partial charge in [-0.15, -0.1) is 0 Å². The summed E-state index contributed by atoms with van der Waals surface area (Å²) in [6.45, 7) is 2.38. The van der Waals surface area contributed by atoms with E-state index in [-0.39, 0.29) is 17.4 Å². The highest BCUT2D eigenvalue weighted by Crippen LogP contribution is 2.21. The van der Waals surface area contributed by atoms with Crippen LogP contribution in [0.15, 0.2) is 17.3 Å². The van der Waals surface area contributed by atoms with Crippen molar-refractivity contribution in [2.45, 2.75) is 13.0 Å². The number of likely N-dealkylation sites (N-methyl/N-ethyl adjacent to an activating group) is 1. The molecule has 1 heterocycles. The molecule has 1 unspecified atom stereocenters. The standard InChI is InChI=1S/C11H17N5O4/c1-7(6-20-3)15(2)9-5-4-8(16(18)19)10(13-9)11(12)14-17/h4-5,7,17H,6H2,1-3H3,(H2,12,14). The maximum atomic E-state index is 10.9. The number of pyridine rings is 1. The molecule has 0 amide bonds. The van der Waals surface area contributed by atoms with Crippen LogP contribution in [0.2, 0.25) is 0 Å². The molecule has 9 heteroatoms. The first-order valence-corrected chi connectivity index (χ1v) is 5.77. The van der Waals surface area contributed by atoms with Crippen LogP contribution in [0.25, 0.3) is 0 Å². The zero-order valence-electron chi connectivity index (χ0n) is 11.5. The normalized spacial score (nSPS) is 13.1. The second-order valence-electron chi connectivity index (χ2n) is 4.19. The summed E-state index contributed by atoms with van der Waals surface area (Å²) in [5.74, 6) is 0.0492. The average Bonchev–Trinajstić information content (AvgIpc) is 2.45. The summed E-state index contributed by atoms with van der Waals surface area (Å²) in [5.41, 5.74) is 4.93. The van der Waals surface area contributed by atoms with Crippen molar-refractivity contribution in [1.29, 1.82) is 0 Å². The molecule has 0 aromatic carbocycles. The topological polar surface area (TPSA) is 127 Å². The van der Waals surface area contributed by atoms with Gasteiger partial charge in [-0.05, 0) is 13.0 Å². The van der Waals surface area contributed by atoms with Gasteiger partial charge in [0.2, 0.25) is 0 Å². The van der Waals surface area contributed by atoms with Crippen LogP contribution in [0.4, 0.5) is 11.5 Å². The lowest BCUT2D eigenvalue weighted by atomic mass is 10.2. The van der Waals surface area contributed by atoms with Gasteiger partial charge in [-0.2, -0.15) is 0 Å². The van der Waals surface area contributed by atoms with E-state index in [9.17, 15) is 10.1 Å². The number of hydrogen-bond acceptors (Lipinski definition) is 7. The Balaban J connectivity index is 3.22. The Bertz CT molecular complexity index is 520. The molecule has 1 aromatic heterocycles. The van der Waals surface area contributed by atoms with E-state index in [0.29, 0.717) is 12.4 Å². The molecule has 3 N–H and O–H groups in total. The van der Waals surface area contributed by atoms with Gasteiger partial charge in [0.15, 0.2) is 11.5 Å². The van der Waals surface area contributed by atoms with Crippen molar-refractivity contribution in [3.63, 3.8) is 0 Å². The van der Waals surface area contributed by atoms with Gasteiger partial charge in [0, 0.05) is 20.2 Å². The first-order chi connectivity index (χ1) is 9.42. The van der Waals surface area contributed by atoms with Crippen LogP contribution in [-0.2, 0) is 4.74 Å². The lowest BCUT2D eigenvalue weighted by Gasteiger charge is -2.25. The van der Waals surface area contributed by atoms with Gasteiger partial charge in [-0.1, -0.05) is 5.16 Å². The Hall–Kier alpha value is -2.42. The van der Waals surface area contributed by atoms with E-state index in [1.54, 1.807) is 19.1 Å². The van der Waals surface area contributed by atoms with E-state index in [1.807, 2.05) is 6.92 Å². The summed E-state index contributed by atoms with van der Waals surface area (Å²) in [5, 5.41) is 22.4. The number of nitrogens with zero attached hydrogens (tertiary/aromatic N) is 4. The monoisotopic (exact) mass is 283 g/mol. The Morgan fingerprint density at radius 3 is 2.85 bits per heavy atom. The Morgan fingerprint density at radius 1 is 1.70 bits per heavy atom. The van der Waals surface area contributed by atoms with Crippen LogP contribution in [0.1, 0.15) is 12.6 Å². The molecule has 0 aliphatic rings. The maximum absolute atomic E-state index is 10.9. The van der Waals surface area contributed by atoms with Crippen LogP contribution in [0.5, 0.6) is 0 Å². The van der Waals surface area contributed by atoms with Gasteiger partial charge in [0.05, 0.1) is 17.6 Å². The van der Waals surface area contributed by atoms with Crippen LogP contribution < -0.4 is 10.6 Å². The molecule has 0 fully saturated rings. The van der Waals surface area contributed by atoms with E-state index in [4.69, 9.17) is 15.7 Å². The highest BCUT2D eigenvalue weighted by Gasteiger charge is 2.21. The van der Waals surface area contributed by atoms with Gasteiger partial charge in [0.1, 0.15) is 5.82 Å². The van der Waals surface area contributed by atoms with Crippen LogP contribution >= 0.6 is 0 Å². The highest BCUT2D eigenvalue weighted by molar-refractivity contribution is 5.99. The van der Waals surface area contributed by atoms with E-state index in [2.05, 4.69) is 10.1 Å². The fourth-order valence-corrected chi connectivity index (χ4v) is 1.60. The summed E-state index contributed by atoms with van der Waals surface area (Å²) < 4.78 is 5.04. The number of methoxy groups -OCH3 is 1. The number of oxime groups is 1. The van der Waals surface area contributed by atoms with Gasteiger partial charge in [0.25, 0.3) is 5.69 Å². The molecular formula is C11H17N5O4. The Labute approximate surface area is 115 Å². The van der Waals surface area contributed by atoms with E-state index in [0.717, 1.165) is 0 Å². The fourth-order valence-electron chi connectivity index (χ4n) is 1.60. The second-order valence-corrected chi connectivity index (χ2v) is 4.19. The smallest absolute Gasteiger partial charge is 0.298 e. The first kappa shape index (κ1) is 15.6. The largest absolute Gasteiger partial charge is 0.409 e. The van der Waals surface area contributed by atoms with E-state index < -0.39 is 10.8 Å². The molecular weight excluding hydrogens is 266 g/mol. The van der Waals surface area contributed by atoms with Gasteiger partial charge in [-0.3, -0.25) is 10.1 Å². The van der Waals surface area contributed by atoms with Crippen molar-refractivity contribution in [1.82, 2.24) is 4.98 Å². The summed E-state index contributed by atoms with van der Waals surface area (Å²) in [4.78, 5) is 16.1. The van der Waals surface area contributed by atoms with Crippen molar-refractivity contribution >= 4 is 17.3 Å². The van der Waals surface area contributed by atoms with Crippen molar-refractivity contribution in [2.24, 2.45) is 10.9 Å². The minimum atomic E-state index is -0.636. The van der Waals surface area contributed by atoms with Crippen molar-refractivity contribution in [3.05, 3.63) is 27.9 Å². The highest BCUT2D eigenvalue weighted by atomic mass is 16.6. The van der Waals surface area contributed by atoms with E-state index >= 15 is 0 Å². The van der Waals surface area contributed by atoms with E-state index in [1.165, 1.54) is 12.1 Å². The SMILES string of the molecule is COCC(C)N(C)c1ccc([N+](=O)[O-])c(/C(N)=N/O)n1. The molecule has 20 heavy (non-hydrogen) atoms. The molecule has 0 saturated carbocycles. The summed E-state index contributed by atoms with van der Waals surface area (Å²) in [7, 11) is 3.35. The van der Waals surface area contributed by atoms with Crippen LogP contribution in [0, 0.1) is 10.1 Å². The molecule has 0 spiro atoms. The number of hydrogen-bond donors (Lipinski definition) is 2. The molecule has 0 radical (unpaired) electrons. The van der Waals surface area contributed by atoms with Crippen LogP contribution in [0.3, 0.4) is 0 Å².